The second kappa shape index (κ2) is 5.90. The third-order valence-electron chi connectivity index (χ3n) is 3.34. The molecule has 2 aromatic carbocycles. The highest BCUT2D eigenvalue weighted by Gasteiger charge is 2.16. The Hall–Kier alpha value is -2.11. The highest BCUT2D eigenvalue weighted by molar-refractivity contribution is 5.89. The Labute approximate surface area is 117 Å². The number of phenols is 1. The van der Waals surface area contributed by atoms with Crippen molar-refractivity contribution in [2.75, 3.05) is 6.54 Å². The van der Waals surface area contributed by atoms with Gasteiger partial charge in [-0.05, 0) is 12.3 Å². The number of hydrogen-bond acceptors (Lipinski definition) is 4. The maximum atomic E-state index is 10.8. The van der Waals surface area contributed by atoms with Crippen LogP contribution in [0.5, 0.6) is 5.75 Å². The van der Waals surface area contributed by atoms with Crippen LogP contribution in [0.1, 0.15) is 18.5 Å². The fourth-order valence-corrected chi connectivity index (χ4v) is 2.12. The second-order valence-corrected chi connectivity index (χ2v) is 4.77. The summed E-state index contributed by atoms with van der Waals surface area (Å²) in [7, 11) is 0. The Balaban J connectivity index is 2.20. The lowest BCUT2D eigenvalue weighted by atomic mass is 10.0. The van der Waals surface area contributed by atoms with Crippen LogP contribution in [0.2, 0.25) is 0 Å². The number of hydrogen-bond donors (Lipinski definition) is 4. The van der Waals surface area contributed by atoms with E-state index in [1.54, 1.807) is 0 Å². The number of aliphatic hydroxyl groups excluding tert-OH is 1. The minimum absolute atomic E-state index is 0.0444. The molecule has 5 nitrogen and oxygen atoms in total. The normalized spacial score (nSPS) is 14.1. The smallest absolute Gasteiger partial charge is 0.247 e. The van der Waals surface area contributed by atoms with Gasteiger partial charge in [-0.15, -0.1) is 0 Å². The van der Waals surface area contributed by atoms with Gasteiger partial charge in [-0.1, -0.05) is 36.4 Å². The molecule has 0 heterocycles. The first-order chi connectivity index (χ1) is 9.50. The van der Waals surface area contributed by atoms with E-state index in [0.29, 0.717) is 5.56 Å². The molecule has 1 amide bonds. The molecule has 20 heavy (non-hydrogen) atoms. The Kier molecular flexibility index (Phi) is 4.22. The lowest BCUT2D eigenvalue weighted by molar-refractivity contribution is -0.125. The van der Waals surface area contributed by atoms with E-state index in [2.05, 4.69) is 5.32 Å². The largest absolute Gasteiger partial charge is 0.507 e. The Morgan fingerprint density at radius 2 is 2.00 bits per heavy atom. The monoisotopic (exact) mass is 274 g/mol. The van der Waals surface area contributed by atoms with Crippen molar-refractivity contribution >= 4 is 16.7 Å². The molecule has 2 unspecified atom stereocenters. The van der Waals surface area contributed by atoms with Crippen molar-refractivity contribution in [3.05, 3.63) is 42.0 Å². The van der Waals surface area contributed by atoms with Gasteiger partial charge in [0, 0.05) is 23.5 Å². The first kappa shape index (κ1) is 14.3. The molecule has 0 aromatic heterocycles. The van der Waals surface area contributed by atoms with Gasteiger partial charge in [0.25, 0.3) is 0 Å². The van der Waals surface area contributed by atoms with E-state index >= 15 is 0 Å². The summed E-state index contributed by atoms with van der Waals surface area (Å²) < 4.78 is 0. The number of carbonyl (C=O) groups is 1. The van der Waals surface area contributed by atoms with Gasteiger partial charge in [0.15, 0.2) is 0 Å². The summed E-state index contributed by atoms with van der Waals surface area (Å²) >= 11 is 0. The highest BCUT2D eigenvalue weighted by atomic mass is 16.3. The number of aromatic hydroxyl groups is 1. The van der Waals surface area contributed by atoms with Crippen LogP contribution < -0.4 is 11.1 Å². The van der Waals surface area contributed by atoms with E-state index in [0.717, 1.165) is 10.8 Å². The molecule has 106 valence electrons. The van der Waals surface area contributed by atoms with E-state index in [1.807, 2.05) is 43.3 Å². The average Bonchev–Trinajstić information content (AvgIpc) is 2.45. The predicted octanol–water partition coefficient (Wildman–Crippen LogP) is 1.04. The first-order valence-corrected chi connectivity index (χ1v) is 6.42. The zero-order chi connectivity index (χ0) is 14.7. The van der Waals surface area contributed by atoms with Crippen LogP contribution >= 0.6 is 0 Å². The zero-order valence-electron chi connectivity index (χ0n) is 11.2. The number of carbonyl (C=O) groups excluding carboxylic acids is 1. The minimum atomic E-state index is -1.24. The first-order valence-electron chi connectivity index (χ1n) is 6.42. The Morgan fingerprint density at radius 3 is 2.70 bits per heavy atom. The summed E-state index contributed by atoms with van der Waals surface area (Å²) in [6.07, 6.45) is -1.24. The third-order valence-corrected chi connectivity index (χ3v) is 3.34. The van der Waals surface area contributed by atoms with Crippen molar-refractivity contribution in [3.8, 4) is 5.75 Å². The van der Waals surface area contributed by atoms with Crippen LogP contribution in [0.25, 0.3) is 10.8 Å². The zero-order valence-corrected chi connectivity index (χ0v) is 11.2. The number of fused-ring (bicyclic) bond motifs is 1. The molecule has 0 aliphatic carbocycles. The summed E-state index contributed by atoms with van der Waals surface area (Å²) in [6, 6.07) is 11.1. The average molecular weight is 274 g/mol. The highest BCUT2D eigenvalue weighted by Crippen LogP contribution is 2.32. The number of phenolic OH excluding ortho intramolecular Hbond substituents is 1. The van der Waals surface area contributed by atoms with Gasteiger partial charge in [0.1, 0.15) is 11.9 Å². The Bertz CT molecular complexity index is 628. The molecule has 0 fully saturated rings. The lowest BCUT2D eigenvalue weighted by Crippen LogP contribution is -2.38. The predicted molar refractivity (Wildman–Crippen MR) is 77.2 cm³/mol. The minimum Gasteiger partial charge on any atom is -0.507 e. The maximum absolute atomic E-state index is 10.8. The standard InChI is InChI=1S/C15H18N2O3/c1-9(17-8-13(18)15(16)20)11-7-6-10-4-2-3-5-12(10)14(11)19/h2-7,9,13,17-19H,8H2,1H3,(H2,16,20). The van der Waals surface area contributed by atoms with Crippen molar-refractivity contribution < 1.29 is 15.0 Å². The van der Waals surface area contributed by atoms with Gasteiger partial charge >= 0.3 is 0 Å². The summed E-state index contributed by atoms with van der Waals surface area (Å²) in [4.78, 5) is 10.8. The van der Waals surface area contributed by atoms with Crippen LogP contribution in [-0.4, -0.2) is 28.8 Å². The van der Waals surface area contributed by atoms with E-state index in [9.17, 15) is 15.0 Å². The van der Waals surface area contributed by atoms with Crippen molar-refractivity contribution in [2.24, 2.45) is 5.73 Å². The van der Waals surface area contributed by atoms with Crippen LogP contribution in [0.4, 0.5) is 0 Å². The number of nitrogens with one attached hydrogen (secondary N) is 1. The van der Waals surface area contributed by atoms with Gasteiger partial charge < -0.3 is 21.3 Å². The summed E-state index contributed by atoms with van der Waals surface area (Å²) in [5.41, 5.74) is 5.70. The molecule has 0 radical (unpaired) electrons. The molecule has 0 bridgehead atoms. The summed E-state index contributed by atoms with van der Waals surface area (Å²) in [5, 5.41) is 24.4. The number of amides is 1. The molecule has 2 aromatic rings. The maximum Gasteiger partial charge on any atom is 0.247 e. The molecule has 0 aliphatic rings. The van der Waals surface area contributed by atoms with Crippen LogP contribution in [-0.2, 0) is 4.79 Å². The van der Waals surface area contributed by atoms with Crippen molar-refractivity contribution in [1.82, 2.24) is 5.32 Å². The summed E-state index contributed by atoms with van der Waals surface area (Å²) in [6.45, 7) is 1.89. The van der Waals surface area contributed by atoms with E-state index in [1.165, 1.54) is 0 Å². The number of nitrogens with two attached hydrogens (primary N) is 1. The molecule has 0 aliphatic heterocycles. The molecule has 2 rings (SSSR count). The number of aliphatic hydroxyl groups is 1. The van der Waals surface area contributed by atoms with Crippen molar-refractivity contribution in [1.29, 1.82) is 0 Å². The van der Waals surface area contributed by atoms with Gasteiger partial charge in [0.2, 0.25) is 5.91 Å². The van der Waals surface area contributed by atoms with Crippen molar-refractivity contribution in [2.45, 2.75) is 19.1 Å². The van der Waals surface area contributed by atoms with Crippen LogP contribution in [0.3, 0.4) is 0 Å². The van der Waals surface area contributed by atoms with Crippen LogP contribution in [0, 0.1) is 0 Å². The quantitative estimate of drug-likeness (QED) is 0.655. The van der Waals surface area contributed by atoms with E-state index in [4.69, 9.17) is 5.73 Å². The third kappa shape index (κ3) is 2.89. The second-order valence-electron chi connectivity index (χ2n) is 4.77. The fourth-order valence-electron chi connectivity index (χ4n) is 2.12. The Morgan fingerprint density at radius 1 is 1.30 bits per heavy atom. The molecule has 0 spiro atoms. The van der Waals surface area contributed by atoms with Crippen molar-refractivity contribution in [3.63, 3.8) is 0 Å². The SMILES string of the molecule is CC(NCC(O)C(N)=O)c1ccc2ccccc2c1O. The molecule has 5 heteroatoms. The molecule has 0 saturated heterocycles. The van der Waals surface area contributed by atoms with E-state index < -0.39 is 12.0 Å². The fraction of sp³-hybridized carbons (Fsp3) is 0.267. The number of rotatable bonds is 5. The topological polar surface area (TPSA) is 95.6 Å². The molecule has 2 atom stereocenters. The molecule has 0 saturated carbocycles. The lowest BCUT2D eigenvalue weighted by Gasteiger charge is -2.18. The van der Waals surface area contributed by atoms with Crippen LogP contribution in [0.15, 0.2) is 36.4 Å². The van der Waals surface area contributed by atoms with Gasteiger partial charge in [0.05, 0.1) is 0 Å². The van der Waals surface area contributed by atoms with E-state index in [-0.39, 0.29) is 18.3 Å². The molecule has 5 N–H and O–H groups in total. The van der Waals surface area contributed by atoms with Gasteiger partial charge in [-0.3, -0.25) is 4.79 Å². The summed E-state index contributed by atoms with van der Waals surface area (Å²) in [5.74, 6) is -0.566. The van der Waals surface area contributed by atoms with Gasteiger partial charge in [-0.25, -0.2) is 0 Å². The molecular weight excluding hydrogens is 256 g/mol. The molecular formula is C15H18N2O3. The number of primary amides is 1. The number of benzene rings is 2. The van der Waals surface area contributed by atoms with Gasteiger partial charge in [-0.2, -0.15) is 0 Å².